The van der Waals surface area contributed by atoms with Gasteiger partial charge in [-0.05, 0) is 13.3 Å². The molecule has 0 spiro atoms. The molecule has 106 valence electrons. The van der Waals surface area contributed by atoms with Gasteiger partial charge in [0.2, 0.25) is 0 Å². The lowest BCUT2D eigenvalue weighted by atomic mass is 9.71. The Hall–Kier alpha value is -1.45. The zero-order chi connectivity index (χ0) is 15.0. The predicted octanol–water partition coefficient (Wildman–Crippen LogP) is 2.33. The standard InChI is InChI=1S/C15H23NO3/c1-10(16-11(17)7-8-12(16)18)9-15(5,6)13(19)14(2,3)4/h7-8,10H,9H2,1-6H3. The van der Waals surface area contributed by atoms with Crippen molar-refractivity contribution in [1.82, 2.24) is 4.90 Å². The molecule has 0 aromatic carbocycles. The number of nitrogens with zero attached hydrogens (tertiary/aromatic N) is 1. The van der Waals surface area contributed by atoms with Gasteiger partial charge in [-0.1, -0.05) is 34.6 Å². The number of Topliss-reactive ketones (excluding diaryl/α,β-unsaturated/α-hetero) is 1. The average Bonchev–Trinajstić information content (AvgIpc) is 2.55. The molecule has 1 atom stereocenters. The van der Waals surface area contributed by atoms with Gasteiger partial charge in [0.25, 0.3) is 11.8 Å². The van der Waals surface area contributed by atoms with Crippen molar-refractivity contribution in [1.29, 1.82) is 0 Å². The fourth-order valence-electron chi connectivity index (χ4n) is 2.78. The third-order valence-electron chi connectivity index (χ3n) is 3.39. The summed E-state index contributed by atoms with van der Waals surface area (Å²) in [5.74, 6) is -0.452. The number of rotatable bonds is 4. The SMILES string of the molecule is CC(CC(C)(C)C(=O)C(C)(C)C)N1C(=O)C=CC1=O. The summed E-state index contributed by atoms with van der Waals surface area (Å²) in [6, 6.07) is -0.281. The van der Waals surface area contributed by atoms with Crippen LogP contribution >= 0.6 is 0 Å². The van der Waals surface area contributed by atoms with E-state index in [1.54, 1.807) is 6.92 Å². The fourth-order valence-corrected chi connectivity index (χ4v) is 2.78. The largest absolute Gasteiger partial charge is 0.299 e. The molecule has 1 rings (SSSR count). The van der Waals surface area contributed by atoms with Crippen molar-refractivity contribution < 1.29 is 14.4 Å². The smallest absolute Gasteiger partial charge is 0.253 e. The molecule has 1 heterocycles. The highest BCUT2D eigenvalue weighted by molar-refractivity contribution is 6.13. The van der Waals surface area contributed by atoms with E-state index < -0.39 is 10.8 Å². The van der Waals surface area contributed by atoms with Crippen LogP contribution in [0.25, 0.3) is 0 Å². The van der Waals surface area contributed by atoms with Gasteiger partial charge in [-0.3, -0.25) is 19.3 Å². The molecule has 0 radical (unpaired) electrons. The van der Waals surface area contributed by atoms with Crippen LogP contribution in [0.15, 0.2) is 12.2 Å². The van der Waals surface area contributed by atoms with Gasteiger partial charge < -0.3 is 0 Å². The van der Waals surface area contributed by atoms with Gasteiger partial charge in [-0.2, -0.15) is 0 Å². The maximum atomic E-state index is 12.4. The molecule has 0 N–H and O–H groups in total. The number of hydrogen-bond donors (Lipinski definition) is 0. The average molecular weight is 265 g/mol. The van der Waals surface area contributed by atoms with Crippen molar-refractivity contribution in [3.8, 4) is 0 Å². The van der Waals surface area contributed by atoms with Crippen LogP contribution in [-0.4, -0.2) is 28.5 Å². The van der Waals surface area contributed by atoms with Crippen LogP contribution in [0.4, 0.5) is 0 Å². The molecule has 0 aromatic heterocycles. The van der Waals surface area contributed by atoms with Crippen molar-refractivity contribution in [2.75, 3.05) is 0 Å². The summed E-state index contributed by atoms with van der Waals surface area (Å²) in [6.45, 7) is 11.2. The zero-order valence-corrected chi connectivity index (χ0v) is 12.6. The monoisotopic (exact) mass is 265 g/mol. The minimum absolute atomic E-state index is 0.138. The minimum Gasteiger partial charge on any atom is -0.299 e. The van der Waals surface area contributed by atoms with Crippen LogP contribution in [0.2, 0.25) is 0 Å². The second-order valence-corrected chi connectivity index (χ2v) is 6.90. The van der Waals surface area contributed by atoms with E-state index in [1.807, 2.05) is 34.6 Å². The Bertz CT molecular complexity index is 423. The van der Waals surface area contributed by atoms with Crippen LogP contribution in [-0.2, 0) is 14.4 Å². The van der Waals surface area contributed by atoms with Crippen LogP contribution in [0.3, 0.4) is 0 Å². The third kappa shape index (κ3) is 3.31. The molecule has 0 aliphatic carbocycles. The second-order valence-electron chi connectivity index (χ2n) is 6.90. The summed E-state index contributed by atoms with van der Waals surface area (Å²) in [4.78, 5) is 36.8. The highest BCUT2D eigenvalue weighted by atomic mass is 16.2. The summed E-state index contributed by atoms with van der Waals surface area (Å²) in [5, 5.41) is 0. The summed E-state index contributed by atoms with van der Waals surface area (Å²) < 4.78 is 0. The van der Waals surface area contributed by atoms with Gasteiger partial charge >= 0.3 is 0 Å². The Morgan fingerprint density at radius 1 is 1.11 bits per heavy atom. The Morgan fingerprint density at radius 3 is 1.89 bits per heavy atom. The van der Waals surface area contributed by atoms with Gasteiger partial charge in [-0.15, -0.1) is 0 Å². The molecule has 4 heteroatoms. The minimum atomic E-state index is -0.569. The van der Waals surface area contributed by atoms with Crippen LogP contribution in [0.1, 0.15) is 48.0 Å². The van der Waals surface area contributed by atoms with E-state index in [4.69, 9.17) is 0 Å². The number of carbonyl (C=O) groups is 3. The van der Waals surface area contributed by atoms with Crippen molar-refractivity contribution in [3.63, 3.8) is 0 Å². The van der Waals surface area contributed by atoms with E-state index in [2.05, 4.69) is 0 Å². The van der Waals surface area contributed by atoms with Crippen LogP contribution in [0.5, 0.6) is 0 Å². The molecule has 4 nitrogen and oxygen atoms in total. The third-order valence-corrected chi connectivity index (χ3v) is 3.39. The molecule has 0 saturated carbocycles. The van der Waals surface area contributed by atoms with E-state index in [-0.39, 0.29) is 23.6 Å². The quantitative estimate of drug-likeness (QED) is 0.733. The van der Waals surface area contributed by atoms with Gasteiger partial charge in [0.15, 0.2) is 0 Å². The molecule has 19 heavy (non-hydrogen) atoms. The molecule has 1 aliphatic rings. The van der Waals surface area contributed by atoms with Gasteiger partial charge in [0.1, 0.15) is 5.78 Å². The van der Waals surface area contributed by atoms with Gasteiger partial charge in [-0.25, -0.2) is 0 Å². The van der Waals surface area contributed by atoms with Gasteiger partial charge in [0, 0.05) is 29.0 Å². The molecule has 0 aromatic rings. The van der Waals surface area contributed by atoms with E-state index in [9.17, 15) is 14.4 Å². The first-order valence-electron chi connectivity index (χ1n) is 6.57. The molecular weight excluding hydrogens is 242 g/mol. The Balaban J connectivity index is 2.82. The van der Waals surface area contributed by atoms with Crippen LogP contribution in [0, 0.1) is 10.8 Å². The molecule has 0 saturated heterocycles. The molecule has 1 aliphatic heterocycles. The molecule has 0 bridgehead atoms. The lowest BCUT2D eigenvalue weighted by molar-refractivity contribution is -0.143. The van der Waals surface area contributed by atoms with Gasteiger partial charge in [0.05, 0.1) is 0 Å². The zero-order valence-electron chi connectivity index (χ0n) is 12.6. The first-order chi connectivity index (χ1) is 8.47. The van der Waals surface area contributed by atoms with Crippen molar-refractivity contribution in [2.45, 2.75) is 54.0 Å². The number of hydrogen-bond acceptors (Lipinski definition) is 3. The summed E-state index contributed by atoms with van der Waals surface area (Å²) in [7, 11) is 0. The second kappa shape index (κ2) is 4.91. The highest BCUT2D eigenvalue weighted by Gasteiger charge is 2.39. The first kappa shape index (κ1) is 15.6. The lowest BCUT2D eigenvalue weighted by Gasteiger charge is -2.35. The number of imide groups is 1. The van der Waals surface area contributed by atoms with Crippen molar-refractivity contribution in [3.05, 3.63) is 12.2 Å². The maximum Gasteiger partial charge on any atom is 0.253 e. The molecule has 0 fully saturated rings. The lowest BCUT2D eigenvalue weighted by Crippen LogP contribution is -2.44. The first-order valence-corrected chi connectivity index (χ1v) is 6.57. The fraction of sp³-hybridized carbons (Fsp3) is 0.667. The Morgan fingerprint density at radius 2 is 1.53 bits per heavy atom. The topological polar surface area (TPSA) is 54.5 Å². The maximum absolute atomic E-state index is 12.4. The summed E-state index contributed by atoms with van der Waals surface area (Å²) in [6.07, 6.45) is 3.02. The number of carbonyl (C=O) groups excluding carboxylic acids is 3. The molecule has 2 amide bonds. The highest BCUT2D eigenvalue weighted by Crippen LogP contribution is 2.34. The van der Waals surface area contributed by atoms with Crippen LogP contribution < -0.4 is 0 Å². The molecular formula is C15H23NO3. The molecule has 1 unspecified atom stereocenters. The summed E-state index contributed by atoms with van der Waals surface area (Å²) >= 11 is 0. The van der Waals surface area contributed by atoms with E-state index >= 15 is 0 Å². The van der Waals surface area contributed by atoms with E-state index in [1.165, 1.54) is 17.1 Å². The van der Waals surface area contributed by atoms with Crippen molar-refractivity contribution in [2.24, 2.45) is 10.8 Å². The van der Waals surface area contributed by atoms with E-state index in [0.29, 0.717) is 6.42 Å². The predicted molar refractivity (Wildman–Crippen MR) is 73.3 cm³/mol. The van der Waals surface area contributed by atoms with E-state index in [0.717, 1.165) is 0 Å². The van der Waals surface area contributed by atoms with Crippen molar-refractivity contribution >= 4 is 17.6 Å². The Kier molecular flexibility index (Phi) is 4.03. The normalized spacial score (nSPS) is 18.1. The Labute approximate surface area is 114 Å². The number of amides is 2. The summed E-state index contributed by atoms with van der Waals surface area (Å²) in [5.41, 5.74) is -0.999. The number of ketones is 1.